The Bertz CT molecular complexity index is 477. The highest BCUT2D eigenvalue weighted by atomic mass is 32.1. The van der Waals surface area contributed by atoms with E-state index in [0.717, 1.165) is 6.42 Å². The van der Waals surface area contributed by atoms with Gasteiger partial charge in [-0.2, -0.15) is 0 Å². The van der Waals surface area contributed by atoms with Gasteiger partial charge in [0.1, 0.15) is 0 Å². The molecule has 2 rings (SSSR count). The monoisotopic (exact) mass is 219 g/mol. The summed E-state index contributed by atoms with van der Waals surface area (Å²) in [6.45, 7) is 6.30. The molecular weight excluding hydrogens is 202 g/mol. The molecule has 0 unspecified atom stereocenters. The van der Waals surface area contributed by atoms with Crippen molar-refractivity contribution in [3.8, 4) is 0 Å². The van der Waals surface area contributed by atoms with Crippen molar-refractivity contribution < 1.29 is 0 Å². The van der Waals surface area contributed by atoms with Crippen molar-refractivity contribution in [2.45, 2.75) is 32.7 Å². The summed E-state index contributed by atoms with van der Waals surface area (Å²) in [5, 5.41) is 3.59. The zero-order valence-electron chi connectivity index (χ0n) is 9.50. The molecule has 2 aromatic rings. The van der Waals surface area contributed by atoms with E-state index >= 15 is 0 Å². The predicted molar refractivity (Wildman–Crippen MR) is 68.5 cm³/mol. The molecule has 0 bridgehead atoms. The van der Waals surface area contributed by atoms with E-state index in [4.69, 9.17) is 5.73 Å². The summed E-state index contributed by atoms with van der Waals surface area (Å²) in [4.78, 5) is 0. The second-order valence-corrected chi connectivity index (χ2v) is 5.83. The van der Waals surface area contributed by atoms with E-state index < -0.39 is 0 Å². The molecule has 0 fully saturated rings. The number of nitrogens with two attached hydrogens (primary N) is 1. The minimum Gasteiger partial charge on any atom is -0.325 e. The Morgan fingerprint density at radius 2 is 2.07 bits per heavy atom. The zero-order chi connectivity index (χ0) is 11.1. The van der Waals surface area contributed by atoms with Gasteiger partial charge in [-0.3, -0.25) is 0 Å². The third-order valence-electron chi connectivity index (χ3n) is 2.49. The van der Waals surface area contributed by atoms with E-state index in [9.17, 15) is 0 Å². The maximum absolute atomic E-state index is 6.03. The van der Waals surface area contributed by atoms with Gasteiger partial charge in [0.05, 0.1) is 0 Å². The molecule has 0 aliphatic rings. The van der Waals surface area contributed by atoms with Gasteiger partial charge in [0.2, 0.25) is 0 Å². The van der Waals surface area contributed by atoms with Crippen LogP contribution in [0.3, 0.4) is 0 Å². The van der Waals surface area contributed by atoms with Crippen LogP contribution in [0.25, 0.3) is 10.1 Å². The Morgan fingerprint density at radius 1 is 1.33 bits per heavy atom. The van der Waals surface area contributed by atoms with Crippen molar-refractivity contribution in [2.24, 2.45) is 5.73 Å². The van der Waals surface area contributed by atoms with Crippen molar-refractivity contribution in [3.63, 3.8) is 0 Å². The average molecular weight is 219 g/mol. The molecule has 1 aromatic heterocycles. The van der Waals surface area contributed by atoms with Crippen LogP contribution in [-0.4, -0.2) is 5.54 Å². The Balaban J connectivity index is 2.42. The minimum absolute atomic E-state index is 0.127. The van der Waals surface area contributed by atoms with Crippen LogP contribution in [0.5, 0.6) is 0 Å². The van der Waals surface area contributed by atoms with Crippen molar-refractivity contribution in [1.82, 2.24) is 0 Å². The summed E-state index contributed by atoms with van der Waals surface area (Å²) in [6, 6.07) is 6.66. The van der Waals surface area contributed by atoms with Gasteiger partial charge >= 0.3 is 0 Å². The van der Waals surface area contributed by atoms with E-state index in [2.05, 4.69) is 44.4 Å². The lowest BCUT2D eigenvalue weighted by molar-refractivity contribution is 0.517. The summed E-state index contributed by atoms with van der Waals surface area (Å²) in [6.07, 6.45) is 0.929. The van der Waals surface area contributed by atoms with Gasteiger partial charge < -0.3 is 5.73 Å². The van der Waals surface area contributed by atoms with E-state index in [0.29, 0.717) is 0 Å². The van der Waals surface area contributed by atoms with E-state index in [1.807, 2.05) is 11.3 Å². The maximum Gasteiger partial charge on any atom is 0.0345 e. The highest BCUT2D eigenvalue weighted by molar-refractivity contribution is 7.17. The second kappa shape index (κ2) is 3.62. The topological polar surface area (TPSA) is 26.0 Å². The highest BCUT2D eigenvalue weighted by Crippen LogP contribution is 2.27. The first-order chi connectivity index (χ1) is 6.96. The van der Waals surface area contributed by atoms with Gasteiger partial charge in [-0.05, 0) is 61.2 Å². The molecule has 0 spiro atoms. The summed E-state index contributed by atoms with van der Waals surface area (Å²) in [5.74, 6) is 0. The van der Waals surface area contributed by atoms with Crippen LogP contribution in [0.2, 0.25) is 0 Å². The third kappa shape index (κ3) is 2.39. The fourth-order valence-electron chi connectivity index (χ4n) is 1.84. The number of fused-ring (bicyclic) bond motifs is 1. The van der Waals surface area contributed by atoms with Crippen molar-refractivity contribution in [2.75, 3.05) is 0 Å². The Labute approximate surface area is 94.9 Å². The lowest BCUT2D eigenvalue weighted by Crippen LogP contribution is -2.34. The van der Waals surface area contributed by atoms with Crippen molar-refractivity contribution >= 4 is 21.4 Å². The molecule has 0 aliphatic heterocycles. The normalized spacial score (nSPS) is 12.3. The molecular formula is C13H17NS. The van der Waals surface area contributed by atoms with Crippen LogP contribution in [0, 0.1) is 6.92 Å². The van der Waals surface area contributed by atoms with E-state index in [-0.39, 0.29) is 5.54 Å². The number of aryl methyl sites for hydroxylation is 1. The molecule has 15 heavy (non-hydrogen) atoms. The van der Waals surface area contributed by atoms with Crippen LogP contribution in [-0.2, 0) is 6.42 Å². The molecule has 0 radical (unpaired) electrons. The van der Waals surface area contributed by atoms with E-state index in [1.165, 1.54) is 21.2 Å². The van der Waals surface area contributed by atoms with E-state index in [1.54, 1.807) is 0 Å². The van der Waals surface area contributed by atoms with Crippen LogP contribution in [0.15, 0.2) is 23.6 Å². The first-order valence-corrected chi connectivity index (χ1v) is 6.09. The molecule has 0 atom stereocenters. The molecule has 1 nitrogen and oxygen atoms in total. The molecule has 0 saturated carbocycles. The van der Waals surface area contributed by atoms with Gasteiger partial charge in [0.25, 0.3) is 0 Å². The number of benzene rings is 1. The highest BCUT2D eigenvalue weighted by Gasteiger charge is 2.12. The number of hydrogen-bond donors (Lipinski definition) is 1. The molecule has 0 saturated heterocycles. The fraction of sp³-hybridized carbons (Fsp3) is 0.385. The standard InChI is InChI=1S/C13H17NS/c1-9-8-15-12-5-4-10(6-11(9)12)7-13(2,3)14/h4-6,8H,7,14H2,1-3H3. The first kappa shape index (κ1) is 10.7. The Morgan fingerprint density at radius 3 is 2.73 bits per heavy atom. The zero-order valence-corrected chi connectivity index (χ0v) is 10.3. The molecule has 1 aromatic carbocycles. The fourth-order valence-corrected chi connectivity index (χ4v) is 2.76. The van der Waals surface area contributed by atoms with Crippen molar-refractivity contribution in [3.05, 3.63) is 34.7 Å². The smallest absolute Gasteiger partial charge is 0.0345 e. The number of rotatable bonds is 2. The second-order valence-electron chi connectivity index (χ2n) is 4.91. The Kier molecular flexibility index (Phi) is 2.57. The quantitative estimate of drug-likeness (QED) is 0.822. The van der Waals surface area contributed by atoms with Gasteiger partial charge in [-0.15, -0.1) is 11.3 Å². The first-order valence-electron chi connectivity index (χ1n) is 5.21. The van der Waals surface area contributed by atoms with Gasteiger partial charge in [0.15, 0.2) is 0 Å². The predicted octanol–water partition coefficient (Wildman–Crippen LogP) is 3.49. The van der Waals surface area contributed by atoms with Crippen LogP contribution in [0.4, 0.5) is 0 Å². The molecule has 1 heterocycles. The molecule has 80 valence electrons. The summed E-state index contributed by atoms with van der Waals surface area (Å²) in [5.41, 5.74) is 8.60. The van der Waals surface area contributed by atoms with Gasteiger partial charge in [0, 0.05) is 10.2 Å². The lowest BCUT2D eigenvalue weighted by atomic mass is 9.95. The molecule has 2 N–H and O–H groups in total. The Hall–Kier alpha value is -0.860. The largest absolute Gasteiger partial charge is 0.325 e. The van der Waals surface area contributed by atoms with Gasteiger partial charge in [-0.25, -0.2) is 0 Å². The summed E-state index contributed by atoms with van der Waals surface area (Å²) in [7, 11) is 0. The lowest BCUT2D eigenvalue weighted by Gasteiger charge is -2.18. The number of hydrogen-bond acceptors (Lipinski definition) is 2. The molecule has 0 amide bonds. The summed E-state index contributed by atoms with van der Waals surface area (Å²) >= 11 is 1.81. The van der Waals surface area contributed by atoms with Crippen LogP contribution >= 0.6 is 11.3 Å². The SMILES string of the molecule is Cc1csc2ccc(CC(C)(C)N)cc12. The van der Waals surface area contributed by atoms with Crippen LogP contribution in [0.1, 0.15) is 25.0 Å². The maximum atomic E-state index is 6.03. The van der Waals surface area contributed by atoms with Crippen LogP contribution < -0.4 is 5.73 Å². The third-order valence-corrected chi connectivity index (χ3v) is 3.57. The van der Waals surface area contributed by atoms with Gasteiger partial charge in [-0.1, -0.05) is 6.07 Å². The van der Waals surface area contributed by atoms with Crippen molar-refractivity contribution in [1.29, 1.82) is 0 Å². The minimum atomic E-state index is -0.127. The average Bonchev–Trinajstić information content (AvgIpc) is 2.45. The molecule has 2 heteroatoms. The molecule has 0 aliphatic carbocycles. The number of thiophene rings is 1. The summed E-state index contributed by atoms with van der Waals surface area (Å²) < 4.78 is 1.37.